The van der Waals surface area contributed by atoms with E-state index in [4.69, 9.17) is 0 Å². The molecule has 31 heavy (non-hydrogen) atoms. The molecule has 0 saturated carbocycles. The van der Waals surface area contributed by atoms with Gasteiger partial charge in [0.25, 0.3) is 5.91 Å². The Kier molecular flexibility index (Phi) is 6.45. The number of benzene rings is 2. The number of halogens is 3. The van der Waals surface area contributed by atoms with E-state index in [-0.39, 0.29) is 27.5 Å². The molecule has 0 radical (unpaired) electrons. The molecule has 0 saturated heterocycles. The number of amides is 1. The summed E-state index contributed by atoms with van der Waals surface area (Å²) in [5.41, 5.74) is -0.212. The van der Waals surface area contributed by atoms with Crippen molar-refractivity contribution in [3.05, 3.63) is 78.0 Å². The van der Waals surface area contributed by atoms with E-state index in [1.165, 1.54) is 60.8 Å². The van der Waals surface area contributed by atoms with E-state index >= 15 is 0 Å². The first-order valence-electron chi connectivity index (χ1n) is 9.38. The van der Waals surface area contributed by atoms with Crippen molar-refractivity contribution in [2.75, 3.05) is 11.1 Å². The van der Waals surface area contributed by atoms with Gasteiger partial charge in [-0.05, 0) is 55.0 Å². The van der Waals surface area contributed by atoms with Crippen LogP contribution in [0.25, 0.3) is 11.3 Å². The molecule has 3 rings (SSSR count). The molecule has 0 spiro atoms. The standard InChI is InChI=1S/C22H19F3N2O3S/c1-2-14-31(29,30)18-11-9-17(10-12-18)27-21(28)16-7-5-15(6-8-16)20-19(22(23,24)25)4-3-13-26-20/h3-13H,2,14H2,1H3,(H,27,28). The van der Waals surface area contributed by atoms with Crippen LogP contribution >= 0.6 is 0 Å². The number of aromatic nitrogens is 1. The van der Waals surface area contributed by atoms with Crippen LogP contribution in [0, 0.1) is 0 Å². The molecule has 0 aliphatic rings. The van der Waals surface area contributed by atoms with Gasteiger partial charge in [-0.1, -0.05) is 19.1 Å². The number of hydrogen-bond donors (Lipinski definition) is 1. The van der Waals surface area contributed by atoms with E-state index in [0.717, 1.165) is 6.07 Å². The Hall–Kier alpha value is -3.20. The maximum Gasteiger partial charge on any atom is 0.418 e. The number of hydrogen-bond acceptors (Lipinski definition) is 4. The van der Waals surface area contributed by atoms with Crippen molar-refractivity contribution < 1.29 is 26.4 Å². The highest BCUT2D eigenvalue weighted by atomic mass is 32.2. The minimum atomic E-state index is -4.55. The highest BCUT2D eigenvalue weighted by Crippen LogP contribution is 2.35. The Morgan fingerprint density at radius 1 is 1.00 bits per heavy atom. The molecular formula is C22H19F3N2O3S. The van der Waals surface area contributed by atoms with Gasteiger partial charge in [-0.15, -0.1) is 0 Å². The predicted octanol–water partition coefficient (Wildman–Crippen LogP) is 5.20. The van der Waals surface area contributed by atoms with Crippen LogP contribution in [0.3, 0.4) is 0 Å². The Morgan fingerprint density at radius 3 is 2.23 bits per heavy atom. The normalized spacial score (nSPS) is 11.9. The molecule has 1 N–H and O–H groups in total. The number of nitrogens with one attached hydrogen (secondary N) is 1. The van der Waals surface area contributed by atoms with Gasteiger partial charge < -0.3 is 5.32 Å². The summed E-state index contributed by atoms with van der Waals surface area (Å²) in [5.74, 6) is -0.440. The average Bonchev–Trinajstić information content (AvgIpc) is 2.73. The van der Waals surface area contributed by atoms with Gasteiger partial charge in [0, 0.05) is 23.0 Å². The maximum absolute atomic E-state index is 13.2. The second-order valence-electron chi connectivity index (χ2n) is 6.77. The number of pyridine rings is 1. The lowest BCUT2D eigenvalue weighted by molar-refractivity contribution is -0.137. The van der Waals surface area contributed by atoms with Crippen molar-refractivity contribution in [1.82, 2.24) is 4.98 Å². The fraction of sp³-hybridized carbons (Fsp3) is 0.182. The van der Waals surface area contributed by atoms with Gasteiger partial charge in [0.2, 0.25) is 0 Å². The molecule has 5 nitrogen and oxygen atoms in total. The number of alkyl halides is 3. The lowest BCUT2D eigenvalue weighted by Crippen LogP contribution is -2.12. The quantitative estimate of drug-likeness (QED) is 0.562. The number of carbonyl (C=O) groups is 1. The summed E-state index contributed by atoms with van der Waals surface area (Å²) in [7, 11) is -3.35. The van der Waals surface area contributed by atoms with Crippen LogP contribution < -0.4 is 5.32 Å². The van der Waals surface area contributed by atoms with E-state index < -0.39 is 27.5 Å². The third-order valence-corrected chi connectivity index (χ3v) is 6.41. The summed E-state index contributed by atoms with van der Waals surface area (Å²) in [6.07, 6.45) is -2.77. The van der Waals surface area contributed by atoms with Gasteiger partial charge in [0.1, 0.15) is 0 Å². The summed E-state index contributed by atoms with van der Waals surface area (Å²) in [5, 5.41) is 2.63. The third kappa shape index (κ3) is 5.29. The Balaban J connectivity index is 1.76. The molecule has 3 aromatic rings. The number of nitrogens with zero attached hydrogens (tertiary/aromatic N) is 1. The van der Waals surface area contributed by atoms with Gasteiger partial charge in [-0.3, -0.25) is 9.78 Å². The van der Waals surface area contributed by atoms with Gasteiger partial charge in [0.15, 0.2) is 9.84 Å². The lowest BCUT2D eigenvalue weighted by Gasteiger charge is -2.12. The molecule has 162 valence electrons. The average molecular weight is 448 g/mol. The first kappa shape index (κ1) is 22.5. The number of anilines is 1. The van der Waals surface area contributed by atoms with E-state index in [9.17, 15) is 26.4 Å². The van der Waals surface area contributed by atoms with E-state index in [2.05, 4.69) is 10.3 Å². The zero-order valence-corrected chi connectivity index (χ0v) is 17.3. The molecule has 0 bridgehead atoms. The Bertz CT molecular complexity index is 1170. The van der Waals surface area contributed by atoms with Crippen molar-refractivity contribution in [2.24, 2.45) is 0 Å². The largest absolute Gasteiger partial charge is 0.418 e. The summed E-state index contributed by atoms with van der Waals surface area (Å²) in [6.45, 7) is 1.77. The predicted molar refractivity (Wildman–Crippen MR) is 111 cm³/mol. The van der Waals surface area contributed by atoms with Gasteiger partial charge in [-0.25, -0.2) is 8.42 Å². The smallest absolute Gasteiger partial charge is 0.322 e. The summed E-state index contributed by atoms with van der Waals surface area (Å²) in [6, 6.07) is 13.6. The van der Waals surface area contributed by atoms with Gasteiger partial charge in [-0.2, -0.15) is 13.2 Å². The van der Waals surface area contributed by atoms with Crippen LogP contribution in [-0.4, -0.2) is 25.1 Å². The zero-order chi connectivity index (χ0) is 22.6. The van der Waals surface area contributed by atoms with E-state index in [0.29, 0.717) is 12.1 Å². The maximum atomic E-state index is 13.2. The first-order chi connectivity index (χ1) is 14.6. The van der Waals surface area contributed by atoms with Crippen LogP contribution in [0.2, 0.25) is 0 Å². The number of sulfone groups is 1. The molecule has 1 heterocycles. The highest BCUT2D eigenvalue weighted by molar-refractivity contribution is 7.91. The Morgan fingerprint density at radius 2 is 1.65 bits per heavy atom. The summed E-state index contributed by atoms with van der Waals surface area (Å²) < 4.78 is 63.7. The van der Waals surface area contributed by atoms with Crippen LogP contribution in [-0.2, 0) is 16.0 Å². The van der Waals surface area contributed by atoms with Crippen LogP contribution in [0.4, 0.5) is 18.9 Å². The monoisotopic (exact) mass is 448 g/mol. The van der Waals surface area contributed by atoms with Gasteiger partial charge >= 0.3 is 6.18 Å². The number of carbonyl (C=O) groups excluding carboxylic acids is 1. The molecule has 1 amide bonds. The van der Waals surface area contributed by atoms with Crippen molar-refractivity contribution in [2.45, 2.75) is 24.4 Å². The minimum absolute atomic E-state index is 0.0391. The third-order valence-electron chi connectivity index (χ3n) is 4.48. The summed E-state index contributed by atoms with van der Waals surface area (Å²) >= 11 is 0. The molecular weight excluding hydrogens is 429 g/mol. The fourth-order valence-corrected chi connectivity index (χ4v) is 4.30. The van der Waals surface area contributed by atoms with Crippen molar-refractivity contribution in [3.63, 3.8) is 0 Å². The molecule has 0 aliphatic heterocycles. The molecule has 0 unspecified atom stereocenters. The van der Waals surface area contributed by atoms with Crippen LogP contribution in [0.15, 0.2) is 71.8 Å². The van der Waals surface area contributed by atoms with Crippen LogP contribution in [0.1, 0.15) is 29.3 Å². The molecule has 2 aromatic carbocycles. The second kappa shape index (κ2) is 8.89. The van der Waals surface area contributed by atoms with Gasteiger partial charge in [0.05, 0.1) is 21.9 Å². The molecule has 9 heteroatoms. The minimum Gasteiger partial charge on any atom is -0.322 e. The van der Waals surface area contributed by atoms with Crippen LogP contribution in [0.5, 0.6) is 0 Å². The van der Waals surface area contributed by atoms with Crippen molar-refractivity contribution in [1.29, 1.82) is 0 Å². The van der Waals surface area contributed by atoms with Crippen molar-refractivity contribution in [3.8, 4) is 11.3 Å². The second-order valence-corrected chi connectivity index (χ2v) is 8.88. The molecule has 1 aromatic heterocycles. The van der Waals surface area contributed by atoms with E-state index in [1.807, 2.05) is 0 Å². The molecule has 0 atom stereocenters. The topological polar surface area (TPSA) is 76.1 Å². The SMILES string of the molecule is CCCS(=O)(=O)c1ccc(NC(=O)c2ccc(-c3ncccc3C(F)(F)F)cc2)cc1. The molecule has 0 fully saturated rings. The summed E-state index contributed by atoms with van der Waals surface area (Å²) in [4.78, 5) is 16.5. The van der Waals surface area contributed by atoms with Crippen molar-refractivity contribution >= 4 is 21.4 Å². The first-order valence-corrected chi connectivity index (χ1v) is 11.0. The zero-order valence-electron chi connectivity index (χ0n) is 16.5. The lowest BCUT2D eigenvalue weighted by atomic mass is 10.0. The highest BCUT2D eigenvalue weighted by Gasteiger charge is 2.34. The number of rotatable bonds is 6. The molecule has 0 aliphatic carbocycles. The van der Waals surface area contributed by atoms with E-state index in [1.54, 1.807) is 6.92 Å². The Labute approximate surface area is 177 Å². The fourth-order valence-electron chi connectivity index (χ4n) is 2.98.